The molecule has 1 rings (SSSR count). The minimum Gasteiger partial charge on any atom is -0.494 e. The summed E-state index contributed by atoms with van der Waals surface area (Å²) >= 11 is 0. The molecule has 0 aliphatic heterocycles. The number of hydrogen-bond acceptors (Lipinski definition) is 3. The van der Waals surface area contributed by atoms with Gasteiger partial charge in [0.25, 0.3) is 0 Å². The topological polar surface area (TPSA) is 38.5 Å². The molecule has 0 aliphatic carbocycles. The average molecular weight is 306 g/mol. The van der Waals surface area contributed by atoms with E-state index in [4.69, 9.17) is 10.5 Å². The molecule has 0 amide bonds. The maximum atomic E-state index is 5.73. The lowest BCUT2D eigenvalue weighted by Gasteiger charge is -2.20. The smallest absolute Gasteiger partial charge is 0.119 e. The van der Waals surface area contributed by atoms with Crippen molar-refractivity contribution in [1.29, 1.82) is 0 Å². The van der Waals surface area contributed by atoms with E-state index in [0.717, 1.165) is 31.0 Å². The molecule has 1 aromatic rings. The summed E-state index contributed by atoms with van der Waals surface area (Å²) < 4.78 is 5.73. The zero-order valence-electron chi connectivity index (χ0n) is 14.5. The van der Waals surface area contributed by atoms with Crippen molar-refractivity contribution in [2.75, 3.05) is 32.0 Å². The highest BCUT2D eigenvalue weighted by Gasteiger charge is 2.02. The van der Waals surface area contributed by atoms with Crippen LogP contribution in [0.15, 0.2) is 24.3 Å². The molecule has 0 aliphatic rings. The second-order valence-electron chi connectivity index (χ2n) is 5.97. The van der Waals surface area contributed by atoms with Crippen molar-refractivity contribution in [1.82, 2.24) is 4.90 Å². The van der Waals surface area contributed by atoms with Crippen LogP contribution in [0.4, 0.5) is 5.69 Å². The third-order valence-corrected chi connectivity index (χ3v) is 4.04. The molecule has 0 saturated carbocycles. The molecule has 0 saturated heterocycles. The van der Waals surface area contributed by atoms with E-state index in [9.17, 15) is 0 Å². The zero-order chi connectivity index (χ0) is 16.0. The first-order valence-electron chi connectivity index (χ1n) is 8.97. The third kappa shape index (κ3) is 8.93. The van der Waals surface area contributed by atoms with Crippen LogP contribution in [-0.4, -0.2) is 31.1 Å². The number of nitrogens with two attached hydrogens (primary N) is 1. The fraction of sp³-hybridized carbons (Fsp3) is 0.684. The summed E-state index contributed by atoms with van der Waals surface area (Å²) in [4.78, 5) is 2.56. The second kappa shape index (κ2) is 12.3. The van der Waals surface area contributed by atoms with Gasteiger partial charge in [-0.1, -0.05) is 39.5 Å². The average Bonchev–Trinajstić information content (AvgIpc) is 2.54. The van der Waals surface area contributed by atoms with Gasteiger partial charge in [-0.05, 0) is 63.2 Å². The zero-order valence-corrected chi connectivity index (χ0v) is 14.5. The number of benzene rings is 1. The van der Waals surface area contributed by atoms with E-state index < -0.39 is 0 Å². The van der Waals surface area contributed by atoms with Crippen molar-refractivity contribution in [3.8, 4) is 5.75 Å². The Bertz CT molecular complexity index is 364. The Morgan fingerprint density at radius 3 is 2.14 bits per heavy atom. The SMILES string of the molecule is CCCCCCCN(CC)CCCCOc1ccc(N)cc1. The van der Waals surface area contributed by atoms with Gasteiger partial charge < -0.3 is 15.4 Å². The molecule has 0 unspecified atom stereocenters. The maximum absolute atomic E-state index is 5.73. The van der Waals surface area contributed by atoms with Crippen LogP contribution in [0, 0.1) is 0 Å². The molecule has 1 aromatic carbocycles. The number of unbranched alkanes of at least 4 members (excludes halogenated alkanes) is 5. The number of nitrogen functional groups attached to an aromatic ring is 1. The highest BCUT2D eigenvalue weighted by atomic mass is 16.5. The Labute approximate surface area is 136 Å². The van der Waals surface area contributed by atoms with Crippen LogP contribution in [0.5, 0.6) is 5.75 Å². The summed E-state index contributed by atoms with van der Waals surface area (Å²) in [7, 11) is 0. The van der Waals surface area contributed by atoms with Crippen molar-refractivity contribution in [2.45, 2.75) is 58.8 Å². The van der Waals surface area contributed by atoms with Crippen LogP contribution in [-0.2, 0) is 0 Å². The Morgan fingerprint density at radius 1 is 0.864 bits per heavy atom. The van der Waals surface area contributed by atoms with Crippen LogP contribution in [0.2, 0.25) is 0 Å². The Morgan fingerprint density at radius 2 is 1.50 bits per heavy atom. The van der Waals surface area contributed by atoms with Crippen molar-refractivity contribution in [3.05, 3.63) is 24.3 Å². The van der Waals surface area contributed by atoms with Crippen LogP contribution >= 0.6 is 0 Å². The van der Waals surface area contributed by atoms with Crippen molar-refractivity contribution < 1.29 is 4.74 Å². The van der Waals surface area contributed by atoms with E-state index in [2.05, 4.69) is 18.7 Å². The molecule has 0 aromatic heterocycles. The first-order chi connectivity index (χ1) is 10.8. The lowest BCUT2D eigenvalue weighted by molar-refractivity contribution is 0.254. The molecule has 3 heteroatoms. The largest absolute Gasteiger partial charge is 0.494 e. The Hall–Kier alpha value is -1.22. The summed E-state index contributed by atoms with van der Waals surface area (Å²) in [6.07, 6.45) is 9.14. The predicted molar refractivity (Wildman–Crippen MR) is 96.5 cm³/mol. The monoisotopic (exact) mass is 306 g/mol. The molecule has 126 valence electrons. The molecule has 0 heterocycles. The van der Waals surface area contributed by atoms with Gasteiger partial charge in [-0.3, -0.25) is 0 Å². The quantitative estimate of drug-likeness (QED) is 0.423. The summed E-state index contributed by atoms with van der Waals surface area (Å²) in [5.74, 6) is 0.914. The van der Waals surface area contributed by atoms with Crippen LogP contribution in [0.3, 0.4) is 0 Å². The van der Waals surface area contributed by atoms with Gasteiger partial charge in [-0.2, -0.15) is 0 Å². The normalized spacial score (nSPS) is 11.0. The van der Waals surface area contributed by atoms with E-state index in [1.54, 1.807) is 0 Å². The van der Waals surface area contributed by atoms with Gasteiger partial charge in [0, 0.05) is 5.69 Å². The van der Waals surface area contributed by atoms with E-state index in [1.165, 1.54) is 51.6 Å². The van der Waals surface area contributed by atoms with Gasteiger partial charge in [-0.25, -0.2) is 0 Å². The fourth-order valence-corrected chi connectivity index (χ4v) is 2.56. The third-order valence-electron chi connectivity index (χ3n) is 4.04. The standard InChI is InChI=1S/C19H34N2O/c1-3-5-6-7-8-15-21(4-2)16-9-10-17-22-19-13-11-18(20)12-14-19/h11-14H,3-10,15-17,20H2,1-2H3. The minimum absolute atomic E-state index is 0.782. The molecule has 0 spiro atoms. The van der Waals surface area contributed by atoms with Gasteiger partial charge in [0.05, 0.1) is 6.61 Å². The van der Waals surface area contributed by atoms with Crippen molar-refractivity contribution >= 4 is 5.69 Å². The van der Waals surface area contributed by atoms with Gasteiger partial charge in [-0.15, -0.1) is 0 Å². The van der Waals surface area contributed by atoms with Gasteiger partial charge in [0.1, 0.15) is 5.75 Å². The van der Waals surface area contributed by atoms with Gasteiger partial charge in [0.15, 0.2) is 0 Å². The second-order valence-corrected chi connectivity index (χ2v) is 5.97. The van der Waals surface area contributed by atoms with E-state index >= 15 is 0 Å². The summed E-state index contributed by atoms with van der Waals surface area (Å²) in [5, 5.41) is 0. The number of nitrogens with zero attached hydrogens (tertiary/aromatic N) is 1. The summed E-state index contributed by atoms with van der Waals surface area (Å²) in [6, 6.07) is 7.63. The lowest BCUT2D eigenvalue weighted by Crippen LogP contribution is -2.26. The minimum atomic E-state index is 0.782. The van der Waals surface area contributed by atoms with Crippen LogP contribution < -0.4 is 10.5 Å². The molecule has 3 nitrogen and oxygen atoms in total. The molecule has 0 atom stereocenters. The summed E-state index contributed by atoms with van der Waals surface area (Å²) in [6.45, 7) is 8.92. The Kier molecular flexibility index (Phi) is 10.6. The van der Waals surface area contributed by atoms with Gasteiger partial charge in [0.2, 0.25) is 0 Å². The molecule has 2 N–H and O–H groups in total. The number of ether oxygens (including phenoxy) is 1. The van der Waals surface area contributed by atoms with Crippen LogP contribution in [0.1, 0.15) is 58.8 Å². The van der Waals surface area contributed by atoms with E-state index in [0.29, 0.717) is 0 Å². The van der Waals surface area contributed by atoms with Crippen molar-refractivity contribution in [2.24, 2.45) is 0 Å². The molecular weight excluding hydrogens is 272 g/mol. The Balaban J connectivity index is 2.02. The molecule has 0 bridgehead atoms. The highest BCUT2D eigenvalue weighted by Crippen LogP contribution is 2.13. The van der Waals surface area contributed by atoms with Crippen LogP contribution in [0.25, 0.3) is 0 Å². The molecular formula is C19H34N2O. The highest BCUT2D eigenvalue weighted by molar-refractivity contribution is 5.41. The molecule has 22 heavy (non-hydrogen) atoms. The first kappa shape index (κ1) is 18.8. The molecule has 0 fully saturated rings. The number of hydrogen-bond donors (Lipinski definition) is 1. The summed E-state index contributed by atoms with van der Waals surface area (Å²) in [5.41, 5.74) is 6.44. The number of rotatable bonds is 13. The van der Waals surface area contributed by atoms with Gasteiger partial charge >= 0.3 is 0 Å². The molecule has 0 radical (unpaired) electrons. The fourth-order valence-electron chi connectivity index (χ4n) is 2.56. The van der Waals surface area contributed by atoms with Crippen molar-refractivity contribution in [3.63, 3.8) is 0 Å². The maximum Gasteiger partial charge on any atom is 0.119 e. The predicted octanol–water partition coefficient (Wildman–Crippen LogP) is 4.72. The first-order valence-corrected chi connectivity index (χ1v) is 8.97. The lowest BCUT2D eigenvalue weighted by atomic mass is 10.1. The van der Waals surface area contributed by atoms with E-state index in [-0.39, 0.29) is 0 Å². The van der Waals surface area contributed by atoms with E-state index in [1.807, 2.05) is 24.3 Å². The number of anilines is 1.